The summed E-state index contributed by atoms with van der Waals surface area (Å²) in [7, 11) is -2.40. The third-order valence-corrected chi connectivity index (χ3v) is 4.35. The Balaban J connectivity index is 2.40. The summed E-state index contributed by atoms with van der Waals surface area (Å²) >= 11 is 0. The van der Waals surface area contributed by atoms with E-state index < -0.39 is 10.0 Å². The predicted octanol–water partition coefficient (Wildman–Crippen LogP) is 0.825. The van der Waals surface area contributed by atoms with Gasteiger partial charge in [-0.3, -0.25) is 4.79 Å². The van der Waals surface area contributed by atoms with E-state index in [4.69, 9.17) is 9.88 Å². The number of nitrogens with zero attached hydrogens (tertiary/aromatic N) is 1. The average molecular weight is 298 g/mol. The van der Waals surface area contributed by atoms with Crippen molar-refractivity contribution in [2.75, 3.05) is 20.2 Å². The lowest BCUT2D eigenvalue weighted by Crippen LogP contribution is -2.29. The van der Waals surface area contributed by atoms with E-state index in [0.717, 1.165) is 6.42 Å². The zero-order valence-electron chi connectivity index (χ0n) is 11.5. The summed E-state index contributed by atoms with van der Waals surface area (Å²) in [6.07, 6.45) is 0.947. The number of methoxy groups -OCH3 is 1. The molecule has 0 aromatic heterocycles. The summed E-state index contributed by atoms with van der Waals surface area (Å²) in [5, 5.41) is 5.10. The van der Waals surface area contributed by atoms with Crippen LogP contribution in [-0.2, 0) is 10.0 Å². The van der Waals surface area contributed by atoms with Gasteiger partial charge >= 0.3 is 0 Å². The lowest BCUT2D eigenvalue weighted by Gasteiger charge is -2.18. The maximum atomic E-state index is 12.5. The number of hydrogen-bond acceptors (Lipinski definition) is 4. The number of ether oxygens (including phenoxy) is 1. The van der Waals surface area contributed by atoms with Gasteiger partial charge in [0.05, 0.1) is 17.6 Å². The van der Waals surface area contributed by atoms with E-state index in [-0.39, 0.29) is 16.4 Å². The van der Waals surface area contributed by atoms with Gasteiger partial charge in [0.25, 0.3) is 5.91 Å². The first-order valence-corrected chi connectivity index (χ1v) is 7.87. The molecule has 0 spiro atoms. The van der Waals surface area contributed by atoms with E-state index in [1.54, 1.807) is 4.90 Å². The Morgan fingerprint density at radius 3 is 2.65 bits per heavy atom. The maximum Gasteiger partial charge on any atom is 0.257 e. The van der Waals surface area contributed by atoms with Crippen LogP contribution in [-0.4, -0.2) is 39.4 Å². The quantitative estimate of drug-likeness (QED) is 0.894. The molecule has 1 aromatic carbocycles. The van der Waals surface area contributed by atoms with Crippen LogP contribution in [0.25, 0.3) is 0 Å². The van der Waals surface area contributed by atoms with Gasteiger partial charge in [0.1, 0.15) is 5.75 Å². The van der Waals surface area contributed by atoms with Gasteiger partial charge in [0.15, 0.2) is 0 Å². The van der Waals surface area contributed by atoms with Crippen molar-refractivity contribution in [1.29, 1.82) is 0 Å². The SMILES string of the molecule is COc1ccc(S(N)(=O)=O)cc1C(=O)N1CCC(C)C1. The molecule has 1 saturated heterocycles. The van der Waals surface area contributed by atoms with Crippen LogP contribution in [0.15, 0.2) is 23.1 Å². The molecule has 1 heterocycles. The molecule has 1 aliphatic heterocycles. The number of carbonyl (C=O) groups is 1. The van der Waals surface area contributed by atoms with E-state index in [2.05, 4.69) is 6.92 Å². The number of rotatable bonds is 3. The van der Waals surface area contributed by atoms with Crippen LogP contribution in [0.3, 0.4) is 0 Å². The van der Waals surface area contributed by atoms with E-state index in [0.29, 0.717) is 24.8 Å². The molecule has 0 saturated carbocycles. The lowest BCUT2D eigenvalue weighted by atomic mass is 10.1. The van der Waals surface area contributed by atoms with E-state index in [1.807, 2.05) is 0 Å². The molecule has 2 N–H and O–H groups in total. The second kappa shape index (κ2) is 5.41. The molecular formula is C13H18N2O4S. The van der Waals surface area contributed by atoms with Crippen molar-refractivity contribution in [3.05, 3.63) is 23.8 Å². The van der Waals surface area contributed by atoms with Crippen molar-refractivity contribution in [1.82, 2.24) is 4.90 Å². The van der Waals surface area contributed by atoms with Gasteiger partial charge in [0.2, 0.25) is 10.0 Å². The lowest BCUT2D eigenvalue weighted by molar-refractivity contribution is 0.0784. The van der Waals surface area contributed by atoms with Gasteiger partial charge in [-0.05, 0) is 30.5 Å². The van der Waals surface area contributed by atoms with Crippen LogP contribution < -0.4 is 9.88 Å². The van der Waals surface area contributed by atoms with Crippen molar-refractivity contribution in [3.63, 3.8) is 0 Å². The number of nitrogens with two attached hydrogens (primary N) is 1. The van der Waals surface area contributed by atoms with Crippen LogP contribution >= 0.6 is 0 Å². The largest absolute Gasteiger partial charge is 0.496 e. The molecule has 2 rings (SSSR count). The summed E-state index contributed by atoms with van der Waals surface area (Å²) in [6.45, 7) is 3.41. The van der Waals surface area contributed by atoms with Crippen LogP contribution in [0, 0.1) is 5.92 Å². The second-order valence-corrected chi connectivity index (χ2v) is 6.61. The molecule has 110 valence electrons. The summed E-state index contributed by atoms with van der Waals surface area (Å²) in [5.74, 6) is 0.574. The fourth-order valence-electron chi connectivity index (χ4n) is 2.32. The number of amides is 1. The Kier molecular flexibility index (Phi) is 4.01. The first-order chi connectivity index (χ1) is 9.32. The van der Waals surface area contributed by atoms with Crippen molar-refractivity contribution < 1.29 is 17.9 Å². The van der Waals surface area contributed by atoms with Gasteiger partial charge in [-0.1, -0.05) is 6.92 Å². The molecule has 0 radical (unpaired) electrons. The highest BCUT2D eigenvalue weighted by molar-refractivity contribution is 7.89. The number of primary sulfonamides is 1. The highest BCUT2D eigenvalue weighted by atomic mass is 32.2. The minimum Gasteiger partial charge on any atom is -0.496 e. The number of sulfonamides is 1. The summed E-state index contributed by atoms with van der Waals surface area (Å²) in [4.78, 5) is 14.1. The van der Waals surface area contributed by atoms with Crippen LogP contribution in [0.5, 0.6) is 5.75 Å². The molecule has 1 aromatic rings. The minimum absolute atomic E-state index is 0.0890. The Hall–Kier alpha value is -1.60. The molecule has 1 unspecified atom stereocenters. The average Bonchev–Trinajstić information content (AvgIpc) is 2.82. The summed E-state index contributed by atoms with van der Waals surface area (Å²) in [6, 6.07) is 4.06. The Morgan fingerprint density at radius 2 is 2.15 bits per heavy atom. The summed E-state index contributed by atoms with van der Waals surface area (Å²) in [5.41, 5.74) is 0.230. The number of carbonyl (C=O) groups excluding carboxylic acids is 1. The number of likely N-dealkylation sites (tertiary alicyclic amines) is 1. The molecule has 20 heavy (non-hydrogen) atoms. The Bertz CT molecular complexity index is 627. The Morgan fingerprint density at radius 1 is 1.45 bits per heavy atom. The van der Waals surface area contributed by atoms with Gasteiger partial charge < -0.3 is 9.64 Å². The second-order valence-electron chi connectivity index (χ2n) is 5.05. The number of benzene rings is 1. The zero-order chi connectivity index (χ0) is 14.9. The molecule has 1 atom stereocenters. The predicted molar refractivity (Wildman–Crippen MR) is 74.1 cm³/mol. The van der Waals surface area contributed by atoms with E-state index in [1.165, 1.54) is 25.3 Å². The highest BCUT2D eigenvalue weighted by Gasteiger charge is 2.27. The monoisotopic (exact) mass is 298 g/mol. The molecule has 7 heteroatoms. The smallest absolute Gasteiger partial charge is 0.257 e. The molecular weight excluding hydrogens is 280 g/mol. The van der Waals surface area contributed by atoms with Gasteiger partial charge in [-0.25, -0.2) is 13.6 Å². The molecule has 1 amide bonds. The first kappa shape index (κ1) is 14.8. The Labute approximate surface area is 118 Å². The maximum absolute atomic E-state index is 12.5. The van der Waals surface area contributed by atoms with Crippen molar-refractivity contribution in [2.24, 2.45) is 11.1 Å². The fourth-order valence-corrected chi connectivity index (χ4v) is 2.86. The van der Waals surface area contributed by atoms with Crippen molar-refractivity contribution >= 4 is 15.9 Å². The standard InChI is InChI=1S/C13H18N2O4S/c1-9-5-6-15(8-9)13(16)11-7-10(20(14,17)18)3-4-12(11)19-2/h3-4,7,9H,5-6,8H2,1-2H3,(H2,14,17,18). The van der Waals surface area contributed by atoms with Gasteiger partial charge in [-0.15, -0.1) is 0 Å². The van der Waals surface area contributed by atoms with E-state index >= 15 is 0 Å². The van der Waals surface area contributed by atoms with Crippen molar-refractivity contribution in [2.45, 2.75) is 18.2 Å². The zero-order valence-corrected chi connectivity index (χ0v) is 12.3. The van der Waals surface area contributed by atoms with Crippen LogP contribution in [0.4, 0.5) is 0 Å². The van der Waals surface area contributed by atoms with Gasteiger partial charge in [-0.2, -0.15) is 0 Å². The van der Waals surface area contributed by atoms with E-state index in [9.17, 15) is 13.2 Å². The topological polar surface area (TPSA) is 89.7 Å². The first-order valence-electron chi connectivity index (χ1n) is 6.33. The van der Waals surface area contributed by atoms with Crippen molar-refractivity contribution in [3.8, 4) is 5.75 Å². The fraction of sp³-hybridized carbons (Fsp3) is 0.462. The summed E-state index contributed by atoms with van der Waals surface area (Å²) < 4.78 is 27.9. The third-order valence-electron chi connectivity index (χ3n) is 3.44. The molecule has 0 bridgehead atoms. The number of hydrogen-bond donors (Lipinski definition) is 1. The minimum atomic E-state index is -3.84. The molecule has 0 aliphatic carbocycles. The highest BCUT2D eigenvalue weighted by Crippen LogP contribution is 2.26. The normalized spacial score (nSPS) is 19.1. The molecule has 1 fully saturated rings. The van der Waals surface area contributed by atoms with Crippen LogP contribution in [0.2, 0.25) is 0 Å². The molecule has 1 aliphatic rings. The van der Waals surface area contributed by atoms with Crippen LogP contribution in [0.1, 0.15) is 23.7 Å². The van der Waals surface area contributed by atoms with Gasteiger partial charge in [0, 0.05) is 13.1 Å². The third kappa shape index (κ3) is 2.94. The molecule has 6 nitrogen and oxygen atoms in total.